The molecule has 1 aliphatic heterocycles. The Morgan fingerprint density at radius 3 is 2.74 bits per heavy atom. The van der Waals surface area contributed by atoms with Crippen molar-refractivity contribution in [3.8, 4) is 0 Å². The summed E-state index contributed by atoms with van der Waals surface area (Å²) in [5, 5.41) is 2.37. The zero-order chi connectivity index (χ0) is 13.8. The van der Waals surface area contributed by atoms with Gasteiger partial charge in [0.05, 0.1) is 12.6 Å². The number of rotatable bonds is 4. The van der Waals surface area contributed by atoms with Gasteiger partial charge in [0.1, 0.15) is 0 Å². The molecule has 0 bridgehead atoms. The van der Waals surface area contributed by atoms with E-state index >= 15 is 0 Å². The van der Waals surface area contributed by atoms with Gasteiger partial charge in [-0.3, -0.25) is 24.8 Å². The molecule has 0 spiro atoms. The molecule has 2 atom stereocenters. The third-order valence-electron chi connectivity index (χ3n) is 3.39. The summed E-state index contributed by atoms with van der Waals surface area (Å²) in [6.07, 6.45) is 4.01. The van der Waals surface area contributed by atoms with Crippen LogP contribution in [-0.2, 0) is 9.59 Å². The topological polar surface area (TPSA) is 88.3 Å². The standard InChI is InChI=1S/C13H18N4O2/c1-2-10-13(19)16-12(18)8-17(10)11(7-14)9-3-5-15-6-4-9/h3-6,10-11H,2,7-8,14H2,1H3,(H,16,18,19). The van der Waals surface area contributed by atoms with Crippen molar-refractivity contribution in [1.29, 1.82) is 0 Å². The third kappa shape index (κ3) is 2.80. The second kappa shape index (κ2) is 5.90. The fourth-order valence-corrected chi connectivity index (χ4v) is 2.48. The third-order valence-corrected chi connectivity index (χ3v) is 3.39. The maximum absolute atomic E-state index is 11.9. The van der Waals surface area contributed by atoms with Gasteiger partial charge in [-0.2, -0.15) is 0 Å². The molecule has 2 amide bonds. The van der Waals surface area contributed by atoms with Crippen molar-refractivity contribution in [1.82, 2.24) is 15.2 Å². The Morgan fingerprint density at radius 2 is 2.16 bits per heavy atom. The molecule has 19 heavy (non-hydrogen) atoms. The molecule has 0 saturated carbocycles. The van der Waals surface area contributed by atoms with Crippen LogP contribution in [0.5, 0.6) is 0 Å². The lowest BCUT2D eigenvalue weighted by molar-refractivity contribution is -0.141. The number of imide groups is 1. The number of hydrogen-bond donors (Lipinski definition) is 2. The molecule has 2 rings (SSSR count). The van der Waals surface area contributed by atoms with Gasteiger partial charge in [-0.15, -0.1) is 0 Å². The Balaban J connectivity index is 2.30. The predicted molar refractivity (Wildman–Crippen MR) is 70.0 cm³/mol. The average molecular weight is 262 g/mol. The van der Waals surface area contributed by atoms with E-state index in [-0.39, 0.29) is 30.4 Å². The van der Waals surface area contributed by atoms with Crippen molar-refractivity contribution in [3.63, 3.8) is 0 Å². The first-order valence-electron chi connectivity index (χ1n) is 6.36. The Kier molecular flexibility index (Phi) is 4.24. The molecule has 3 N–H and O–H groups in total. The zero-order valence-electron chi connectivity index (χ0n) is 10.9. The van der Waals surface area contributed by atoms with Crippen molar-refractivity contribution < 1.29 is 9.59 Å². The number of nitrogens with zero attached hydrogens (tertiary/aromatic N) is 2. The smallest absolute Gasteiger partial charge is 0.243 e. The number of pyridine rings is 1. The van der Waals surface area contributed by atoms with E-state index in [9.17, 15) is 9.59 Å². The molecule has 102 valence electrons. The van der Waals surface area contributed by atoms with Crippen LogP contribution in [0.3, 0.4) is 0 Å². The van der Waals surface area contributed by atoms with E-state index in [4.69, 9.17) is 5.73 Å². The van der Waals surface area contributed by atoms with Crippen molar-refractivity contribution in [3.05, 3.63) is 30.1 Å². The summed E-state index contributed by atoms with van der Waals surface area (Å²) in [6, 6.07) is 3.25. The van der Waals surface area contributed by atoms with Crippen LogP contribution in [-0.4, -0.2) is 40.8 Å². The summed E-state index contributed by atoms with van der Waals surface area (Å²) in [4.78, 5) is 29.3. The average Bonchev–Trinajstić information content (AvgIpc) is 2.40. The second-order valence-electron chi connectivity index (χ2n) is 4.54. The summed E-state index contributed by atoms with van der Waals surface area (Å²) >= 11 is 0. The van der Waals surface area contributed by atoms with Gasteiger partial charge in [0.15, 0.2) is 0 Å². The lowest BCUT2D eigenvalue weighted by atomic mass is 10.0. The molecule has 6 heteroatoms. The van der Waals surface area contributed by atoms with Gasteiger partial charge in [0.25, 0.3) is 0 Å². The minimum atomic E-state index is -0.320. The van der Waals surface area contributed by atoms with Crippen LogP contribution in [0.4, 0.5) is 0 Å². The van der Waals surface area contributed by atoms with Crippen LogP contribution >= 0.6 is 0 Å². The molecule has 0 radical (unpaired) electrons. The molecular formula is C13H18N4O2. The quantitative estimate of drug-likeness (QED) is 0.735. The Morgan fingerprint density at radius 1 is 1.47 bits per heavy atom. The SMILES string of the molecule is CCC1C(=O)NC(=O)CN1C(CN)c1ccncc1. The maximum Gasteiger partial charge on any atom is 0.243 e. The summed E-state index contributed by atoms with van der Waals surface area (Å²) in [6.45, 7) is 2.46. The van der Waals surface area contributed by atoms with E-state index < -0.39 is 0 Å². The Bertz CT molecular complexity index is 463. The van der Waals surface area contributed by atoms with Crippen LogP contribution in [0.2, 0.25) is 0 Å². The number of piperazine rings is 1. The van der Waals surface area contributed by atoms with E-state index in [0.717, 1.165) is 5.56 Å². The lowest BCUT2D eigenvalue weighted by Gasteiger charge is -2.38. The lowest BCUT2D eigenvalue weighted by Crippen LogP contribution is -2.59. The summed E-state index contributed by atoms with van der Waals surface area (Å²) in [7, 11) is 0. The van der Waals surface area contributed by atoms with Gasteiger partial charge in [-0.1, -0.05) is 6.92 Å². The van der Waals surface area contributed by atoms with E-state index in [2.05, 4.69) is 10.3 Å². The molecule has 1 aromatic rings. The van der Waals surface area contributed by atoms with Gasteiger partial charge in [0.2, 0.25) is 11.8 Å². The van der Waals surface area contributed by atoms with E-state index in [1.165, 1.54) is 0 Å². The summed E-state index contributed by atoms with van der Waals surface area (Å²) < 4.78 is 0. The maximum atomic E-state index is 11.9. The number of carbonyl (C=O) groups is 2. The van der Waals surface area contributed by atoms with E-state index in [1.54, 1.807) is 12.4 Å². The molecule has 1 aromatic heterocycles. The highest BCUT2D eigenvalue weighted by atomic mass is 16.2. The highest BCUT2D eigenvalue weighted by molar-refractivity contribution is 6.01. The van der Waals surface area contributed by atoms with Crippen LogP contribution < -0.4 is 11.1 Å². The predicted octanol–water partition coefficient (Wildman–Crippen LogP) is -0.182. The number of hydrogen-bond acceptors (Lipinski definition) is 5. The first-order valence-corrected chi connectivity index (χ1v) is 6.36. The van der Waals surface area contributed by atoms with Crippen molar-refractivity contribution >= 4 is 11.8 Å². The molecular weight excluding hydrogens is 244 g/mol. The van der Waals surface area contributed by atoms with Crippen LogP contribution in [0.25, 0.3) is 0 Å². The van der Waals surface area contributed by atoms with E-state index in [1.807, 2.05) is 24.0 Å². The molecule has 6 nitrogen and oxygen atoms in total. The van der Waals surface area contributed by atoms with Gasteiger partial charge in [-0.25, -0.2) is 0 Å². The highest BCUT2D eigenvalue weighted by Crippen LogP contribution is 2.24. The first kappa shape index (κ1) is 13.6. The second-order valence-corrected chi connectivity index (χ2v) is 4.54. The summed E-state index contributed by atoms with van der Waals surface area (Å²) in [5.41, 5.74) is 6.81. The fraction of sp³-hybridized carbons (Fsp3) is 0.462. The summed E-state index contributed by atoms with van der Waals surface area (Å²) in [5.74, 6) is -0.520. The number of nitrogens with one attached hydrogen (secondary N) is 1. The molecule has 0 aromatic carbocycles. The first-order chi connectivity index (χ1) is 9.17. The van der Waals surface area contributed by atoms with Crippen molar-refractivity contribution in [2.75, 3.05) is 13.1 Å². The Hall–Kier alpha value is -1.79. The molecule has 2 unspecified atom stereocenters. The van der Waals surface area contributed by atoms with Gasteiger partial charge in [-0.05, 0) is 24.1 Å². The molecule has 1 saturated heterocycles. The van der Waals surface area contributed by atoms with Crippen LogP contribution in [0.1, 0.15) is 24.9 Å². The number of amides is 2. The number of aromatic nitrogens is 1. The largest absolute Gasteiger partial charge is 0.329 e. The van der Waals surface area contributed by atoms with Crippen LogP contribution in [0.15, 0.2) is 24.5 Å². The van der Waals surface area contributed by atoms with Gasteiger partial charge < -0.3 is 5.73 Å². The molecule has 1 aliphatic rings. The normalized spacial score (nSPS) is 22.1. The fourth-order valence-electron chi connectivity index (χ4n) is 2.48. The van der Waals surface area contributed by atoms with E-state index in [0.29, 0.717) is 13.0 Å². The number of carbonyl (C=O) groups excluding carboxylic acids is 2. The minimum absolute atomic E-state index is 0.150. The highest BCUT2D eigenvalue weighted by Gasteiger charge is 2.36. The van der Waals surface area contributed by atoms with Crippen molar-refractivity contribution in [2.24, 2.45) is 5.73 Å². The van der Waals surface area contributed by atoms with Gasteiger partial charge in [0, 0.05) is 25.0 Å². The Labute approximate surface area is 112 Å². The van der Waals surface area contributed by atoms with Crippen molar-refractivity contribution in [2.45, 2.75) is 25.4 Å². The van der Waals surface area contributed by atoms with Crippen LogP contribution in [0, 0.1) is 0 Å². The monoisotopic (exact) mass is 262 g/mol. The number of nitrogens with two attached hydrogens (primary N) is 1. The minimum Gasteiger partial charge on any atom is -0.329 e. The molecule has 2 heterocycles. The molecule has 0 aliphatic carbocycles. The molecule has 1 fully saturated rings. The van der Waals surface area contributed by atoms with Gasteiger partial charge >= 0.3 is 0 Å². The zero-order valence-corrected chi connectivity index (χ0v) is 10.9.